The maximum Gasteiger partial charge on any atom is 0.326 e. The number of fused-ring (bicyclic) bond motifs is 1. The first-order chi connectivity index (χ1) is 12.6. The van der Waals surface area contributed by atoms with Crippen LogP contribution in [0.1, 0.15) is 23.2 Å². The van der Waals surface area contributed by atoms with Gasteiger partial charge < -0.3 is 10.3 Å². The lowest BCUT2D eigenvalue weighted by atomic mass is 10.1. The third kappa shape index (κ3) is 3.88. The topological polar surface area (TPSA) is 84.0 Å². The van der Waals surface area contributed by atoms with Gasteiger partial charge in [0.25, 0.3) is 0 Å². The average molecular weight is 355 g/mol. The van der Waals surface area contributed by atoms with Gasteiger partial charge in [-0.3, -0.25) is 14.2 Å². The van der Waals surface area contributed by atoms with Gasteiger partial charge in [0.15, 0.2) is 5.78 Å². The van der Waals surface area contributed by atoms with E-state index in [1.807, 2.05) is 18.2 Å². The van der Waals surface area contributed by atoms with E-state index in [9.17, 15) is 18.8 Å². The second-order valence-corrected chi connectivity index (χ2v) is 5.85. The summed E-state index contributed by atoms with van der Waals surface area (Å²) in [5.41, 5.74) is 1.25. The number of imidazole rings is 1. The number of hydrogen-bond donors (Lipinski definition) is 2. The summed E-state index contributed by atoms with van der Waals surface area (Å²) in [6.45, 7) is 0.574. The number of aromatic nitrogens is 2. The summed E-state index contributed by atoms with van der Waals surface area (Å²) in [6.07, 6.45) is -0.101. The Morgan fingerprint density at radius 1 is 1.04 bits per heavy atom. The van der Waals surface area contributed by atoms with Gasteiger partial charge in [-0.2, -0.15) is 0 Å². The Bertz CT molecular complexity index is 1010. The van der Waals surface area contributed by atoms with Crippen LogP contribution in [0.25, 0.3) is 11.0 Å². The predicted octanol–water partition coefficient (Wildman–Crippen LogP) is 2.25. The molecule has 0 atom stereocenters. The van der Waals surface area contributed by atoms with Crippen molar-refractivity contribution < 1.29 is 14.0 Å². The van der Waals surface area contributed by atoms with Crippen LogP contribution in [0.3, 0.4) is 0 Å². The molecule has 0 saturated heterocycles. The van der Waals surface area contributed by atoms with Crippen LogP contribution >= 0.6 is 0 Å². The maximum absolute atomic E-state index is 13.5. The van der Waals surface area contributed by atoms with Crippen LogP contribution in [0.2, 0.25) is 0 Å². The lowest BCUT2D eigenvalue weighted by molar-refractivity contribution is -0.121. The van der Waals surface area contributed by atoms with E-state index in [0.717, 1.165) is 11.0 Å². The fraction of sp³-hybridized carbons (Fsp3) is 0.211. The Labute approximate surface area is 148 Å². The molecule has 0 radical (unpaired) electrons. The van der Waals surface area contributed by atoms with Crippen molar-refractivity contribution in [2.45, 2.75) is 19.4 Å². The fourth-order valence-electron chi connectivity index (χ4n) is 2.77. The number of Topliss-reactive ketones (excluding diaryl/α,β-unsaturated/α-hetero) is 1. The number of para-hydroxylation sites is 2. The van der Waals surface area contributed by atoms with Crippen LogP contribution in [-0.4, -0.2) is 27.8 Å². The maximum atomic E-state index is 13.5. The number of rotatable bonds is 7. The number of carbonyl (C=O) groups excluding carboxylic acids is 2. The molecule has 3 rings (SSSR count). The highest BCUT2D eigenvalue weighted by molar-refractivity contribution is 5.98. The van der Waals surface area contributed by atoms with Crippen molar-refractivity contribution in [2.75, 3.05) is 6.54 Å². The van der Waals surface area contributed by atoms with Gasteiger partial charge in [0.05, 0.1) is 16.6 Å². The lowest BCUT2D eigenvalue weighted by Crippen LogP contribution is -2.30. The lowest BCUT2D eigenvalue weighted by Gasteiger charge is -2.06. The summed E-state index contributed by atoms with van der Waals surface area (Å²) >= 11 is 0. The van der Waals surface area contributed by atoms with Crippen molar-refractivity contribution >= 4 is 22.7 Å². The molecule has 2 N–H and O–H groups in total. The molecule has 0 bridgehead atoms. The predicted molar refractivity (Wildman–Crippen MR) is 95.5 cm³/mol. The van der Waals surface area contributed by atoms with Gasteiger partial charge in [0, 0.05) is 25.9 Å². The molecule has 3 aromatic rings. The molecular weight excluding hydrogens is 337 g/mol. The van der Waals surface area contributed by atoms with Gasteiger partial charge in [-0.25, -0.2) is 9.18 Å². The summed E-state index contributed by atoms with van der Waals surface area (Å²) in [6, 6.07) is 13.0. The number of aromatic amines is 1. The molecule has 0 aliphatic carbocycles. The fourth-order valence-corrected chi connectivity index (χ4v) is 2.77. The molecule has 0 saturated carbocycles. The van der Waals surface area contributed by atoms with Crippen molar-refractivity contribution in [2.24, 2.45) is 0 Å². The van der Waals surface area contributed by atoms with E-state index >= 15 is 0 Å². The number of nitrogens with one attached hydrogen (secondary N) is 2. The van der Waals surface area contributed by atoms with Crippen molar-refractivity contribution in [3.63, 3.8) is 0 Å². The largest absolute Gasteiger partial charge is 0.354 e. The van der Waals surface area contributed by atoms with Crippen LogP contribution in [0.15, 0.2) is 53.3 Å². The van der Waals surface area contributed by atoms with E-state index < -0.39 is 11.6 Å². The first-order valence-corrected chi connectivity index (χ1v) is 8.28. The van der Waals surface area contributed by atoms with Gasteiger partial charge in [-0.1, -0.05) is 24.3 Å². The Morgan fingerprint density at radius 2 is 1.77 bits per heavy atom. The quantitative estimate of drug-likeness (QED) is 0.638. The zero-order valence-corrected chi connectivity index (χ0v) is 14.0. The number of ketones is 1. The Balaban J connectivity index is 1.50. The van der Waals surface area contributed by atoms with Crippen molar-refractivity contribution in [3.8, 4) is 0 Å². The molecule has 1 aromatic heterocycles. The molecule has 0 aliphatic heterocycles. The van der Waals surface area contributed by atoms with E-state index in [2.05, 4.69) is 10.3 Å². The highest BCUT2D eigenvalue weighted by Gasteiger charge is 2.13. The van der Waals surface area contributed by atoms with Crippen molar-refractivity contribution in [1.82, 2.24) is 14.9 Å². The van der Waals surface area contributed by atoms with E-state index in [-0.39, 0.29) is 36.5 Å². The summed E-state index contributed by atoms with van der Waals surface area (Å²) in [4.78, 5) is 38.5. The van der Waals surface area contributed by atoms with Crippen molar-refractivity contribution in [3.05, 3.63) is 70.4 Å². The molecule has 0 spiro atoms. The van der Waals surface area contributed by atoms with Crippen LogP contribution in [-0.2, 0) is 11.3 Å². The highest BCUT2D eigenvalue weighted by atomic mass is 19.1. The van der Waals surface area contributed by atoms with Gasteiger partial charge in [-0.05, 0) is 24.3 Å². The van der Waals surface area contributed by atoms with Crippen molar-refractivity contribution in [1.29, 1.82) is 0 Å². The van der Waals surface area contributed by atoms with E-state index in [1.165, 1.54) is 18.2 Å². The zero-order valence-electron chi connectivity index (χ0n) is 14.0. The molecule has 1 amide bonds. The Morgan fingerprint density at radius 3 is 2.58 bits per heavy atom. The summed E-state index contributed by atoms with van der Waals surface area (Å²) < 4.78 is 15.1. The molecule has 7 heteroatoms. The average Bonchev–Trinajstić information content (AvgIpc) is 2.95. The standard InChI is InChI=1S/C19H18FN3O3/c20-14-6-2-1-5-13(14)17(24)9-10-18(25)21-11-12-23-16-8-4-3-7-15(16)22-19(23)26/h1-8H,9-12H2,(H,21,25)(H,22,26). The minimum Gasteiger partial charge on any atom is -0.354 e. The minimum atomic E-state index is -0.586. The van der Waals surface area contributed by atoms with Crippen LogP contribution in [0, 0.1) is 5.82 Å². The van der Waals surface area contributed by atoms with Crippen LogP contribution < -0.4 is 11.0 Å². The number of benzene rings is 2. The zero-order chi connectivity index (χ0) is 18.5. The SMILES string of the molecule is O=C(CCC(=O)c1ccccc1F)NCCn1c(=O)[nH]c2ccccc21. The molecule has 2 aromatic carbocycles. The molecule has 0 unspecified atom stereocenters. The van der Waals surface area contributed by atoms with Crippen LogP contribution in [0.4, 0.5) is 4.39 Å². The van der Waals surface area contributed by atoms with E-state index in [0.29, 0.717) is 6.54 Å². The third-order valence-corrected chi connectivity index (χ3v) is 4.09. The normalized spacial score (nSPS) is 10.8. The Kier molecular flexibility index (Phi) is 5.26. The highest BCUT2D eigenvalue weighted by Crippen LogP contribution is 2.10. The first-order valence-electron chi connectivity index (χ1n) is 8.28. The second kappa shape index (κ2) is 7.77. The summed E-state index contributed by atoms with van der Waals surface area (Å²) in [5.74, 6) is -1.31. The van der Waals surface area contributed by atoms with Gasteiger partial charge in [0.2, 0.25) is 5.91 Å². The number of hydrogen-bond acceptors (Lipinski definition) is 3. The number of carbonyl (C=O) groups is 2. The molecule has 26 heavy (non-hydrogen) atoms. The van der Waals surface area contributed by atoms with E-state index in [1.54, 1.807) is 16.7 Å². The molecule has 0 aliphatic rings. The minimum absolute atomic E-state index is 0.00866. The Hall–Kier alpha value is -3.22. The third-order valence-electron chi connectivity index (χ3n) is 4.09. The molecule has 0 fully saturated rings. The second-order valence-electron chi connectivity index (χ2n) is 5.85. The van der Waals surface area contributed by atoms with E-state index in [4.69, 9.17) is 0 Å². The number of halogens is 1. The molecule has 1 heterocycles. The molecule has 134 valence electrons. The smallest absolute Gasteiger partial charge is 0.326 e. The summed E-state index contributed by atoms with van der Waals surface area (Å²) in [5, 5.41) is 2.68. The van der Waals surface area contributed by atoms with Gasteiger partial charge >= 0.3 is 5.69 Å². The van der Waals surface area contributed by atoms with Gasteiger partial charge in [-0.15, -0.1) is 0 Å². The number of H-pyrrole nitrogens is 1. The van der Waals surface area contributed by atoms with Crippen LogP contribution in [0.5, 0.6) is 0 Å². The van der Waals surface area contributed by atoms with Gasteiger partial charge in [0.1, 0.15) is 5.82 Å². The number of nitrogens with zero attached hydrogens (tertiary/aromatic N) is 1. The summed E-state index contributed by atoms with van der Waals surface area (Å²) in [7, 11) is 0. The molecular formula is C19H18FN3O3. The number of amides is 1. The monoisotopic (exact) mass is 355 g/mol. The first kappa shape index (κ1) is 17.6. The molecule has 6 nitrogen and oxygen atoms in total.